The second-order valence-electron chi connectivity index (χ2n) is 21.4. The Morgan fingerprint density at radius 2 is 0.924 bits per heavy atom. The van der Waals surface area contributed by atoms with E-state index in [4.69, 9.17) is 0 Å². The molecule has 4 aliphatic heterocycles. The smallest absolute Gasteiger partial charge is 0.258 e. The molecule has 0 radical (unpaired) electrons. The molecule has 8 atom stereocenters. The van der Waals surface area contributed by atoms with Gasteiger partial charge in [-0.1, -0.05) is 88.5 Å². The Morgan fingerprint density at radius 1 is 0.561 bits per heavy atom. The van der Waals surface area contributed by atoms with E-state index in [0.29, 0.717) is 36.1 Å². The highest BCUT2D eigenvalue weighted by molar-refractivity contribution is 5.84. The van der Waals surface area contributed by atoms with Gasteiger partial charge in [-0.2, -0.15) is 0 Å². The van der Waals surface area contributed by atoms with Gasteiger partial charge in [-0.05, 0) is 101 Å². The summed E-state index contributed by atoms with van der Waals surface area (Å²) in [6.45, 7) is 6.75. The monoisotopic (exact) mass is 907 g/mol. The van der Waals surface area contributed by atoms with Gasteiger partial charge in [0.1, 0.15) is 0 Å². The molecule has 2 saturated heterocycles. The van der Waals surface area contributed by atoms with Crippen LogP contribution in [-0.4, -0.2) is 91.4 Å². The molecule has 0 spiro atoms. The van der Waals surface area contributed by atoms with Gasteiger partial charge < -0.3 is 30.0 Å². The lowest BCUT2D eigenvalue weighted by Gasteiger charge is -2.35. The molecule has 0 aromatic carbocycles. The number of hydrogen-bond acceptors (Lipinski definition) is 8. The summed E-state index contributed by atoms with van der Waals surface area (Å²) >= 11 is 0. The van der Waals surface area contributed by atoms with Crippen LogP contribution in [0, 0.1) is 35.5 Å². The fourth-order valence-electron chi connectivity index (χ4n) is 14.3. The van der Waals surface area contributed by atoms with E-state index in [0.717, 1.165) is 50.2 Å². The molecule has 8 aliphatic rings. The first-order chi connectivity index (χ1) is 32.2. The molecule has 2 aromatic rings. The van der Waals surface area contributed by atoms with Crippen LogP contribution in [0.15, 0.2) is 46.0 Å². The second kappa shape index (κ2) is 21.2. The van der Waals surface area contributed by atoms with Crippen LogP contribution < -0.4 is 21.8 Å². The molecule has 0 bridgehead atoms. The zero-order valence-corrected chi connectivity index (χ0v) is 39.8. The van der Waals surface area contributed by atoms with E-state index in [-0.39, 0.29) is 96.1 Å². The number of nitrogens with zero attached hydrogens (tertiary/aromatic N) is 4. The lowest BCUT2D eigenvalue weighted by Crippen LogP contribution is -2.51. The van der Waals surface area contributed by atoms with Gasteiger partial charge in [-0.3, -0.25) is 29.0 Å². The van der Waals surface area contributed by atoms with Crippen molar-refractivity contribution in [3.8, 4) is 0 Å². The first-order valence-electron chi connectivity index (χ1n) is 26.3. The number of likely N-dealkylation sites (tertiary alicyclic amines) is 2. The van der Waals surface area contributed by atoms with Gasteiger partial charge in [-0.25, -0.2) is 0 Å². The maximum absolute atomic E-state index is 13.6. The molecule has 0 unspecified atom stereocenters. The van der Waals surface area contributed by atoms with Crippen LogP contribution in [0.25, 0.3) is 12.2 Å². The van der Waals surface area contributed by atoms with E-state index in [1.165, 1.54) is 89.9 Å². The molecule has 4 N–H and O–H groups in total. The molecule has 12 heteroatoms. The first kappa shape index (κ1) is 47.2. The standard InChI is InChI=1S/2C27H39N3O3/c2*1-2-8-19-13-14-23-24-21(16-29(23)27(19)33)22(17-31)25(26(32)28-20-11-6-7-12-20)30(24)15-18-9-4-3-5-10-18/h2*2,8,13-14,18,20-22,24-25,31H,3-7,9-12,15-17H2,1H3,(H,28,32)/b8-2+;8-2-/t2*21-,22-,24+,25-/m11/s1. The summed E-state index contributed by atoms with van der Waals surface area (Å²) in [6, 6.07) is 7.98. The Labute approximate surface area is 392 Å². The summed E-state index contributed by atoms with van der Waals surface area (Å²) in [5, 5.41) is 27.7. The van der Waals surface area contributed by atoms with E-state index in [9.17, 15) is 29.4 Å². The van der Waals surface area contributed by atoms with E-state index in [2.05, 4.69) is 32.6 Å². The van der Waals surface area contributed by atoms with Crippen LogP contribution in [0.1, 0.15) is 164 Å². The number of amides is 2. The number of pyridine rings is 2. The third-order valence-electron chi connectivity index (χ3n) is 17.5. The van der Waals surface area contributed by atoms with Crippen LogP contribution in [-0.2, 0) is 22.7 Å². The average molecular weight is 907 g/mol. The van der Waals surface area contributed by atoms with Crippen LogP contribution in [0.3, 0.4) is 0 Å². The SMILES string of the molecule is C/C=C/c1ccc2n(c1=O)C[C@@H]1[C@@H](CO)[C@H](C(=O)NC3CCCC3)N(CC3CCCCC3)[C@H]21.C/C=C\c1ccc2n(c1=O)C[C@@H]1[C@@H](CO)[C@H](C(=O)NC3CCCC3)N(CC3CCCCC3)[C@H]21. The number of hydrogen-bond donors (Lipinski definition) is 4. The lowest BCUT2D eigenvalue weighted by molar-refractivity contribution is -0.129. The minimum absolute atomic E-state index is 0.0183. The van der Waals surface area contributed by atoms with Crippen LogP contribution in [0.4, 0.5) is 0 Å². The highest BCUT2D eigenvalue weighted by Gasteiger charge is 2.57. The maximum Gasteiger partial charge on any atom is 0.258 e. The second-order valence-corrected chi connectivity index (χ2v) is 21.4. The van der Waals surface area contributed by atoms with Gasteiger partial charge >= 0.3 is 0 Å². The van der Waals surface area contributed by atoms with Gasteiger partial charge in [0.15, 0.2) is 0 Å². The van der Waals surface area contributed by atoms with Crippen molar-refractivity contribution in [1.29, 1.82) is 0 Å². The van der Waals surface area contributed by atoms with Gasteiger partial charge in [0, 0.05) is 97.7 Å². The molecular formula is C54H78N6O6. The number of nitrogens with one attached hydrogen (secondary N) is 2. The van der Waals surface area contributed by atoms with Crippen molar-refractivity contribution in [3.05, 3.63) is 79.6 Å². The van der Waals surface area contributed by atoms with E-state index in [1.807, 2.05) is 59.4 Å². The van der Waals surface area contributed by atoms with Crippen molar-refractivity contribution >= 4 is 24.0 Å². The zero-order valence-electron chi connectivity index (χ0n) is 39.8. The van der Waals surface area contributed by atoms with Gasteiger partial charge in [-0.15, -0.1) is 0 Å². The Hall–Kier alpha value is -3.84. The number of carbonyl (C=O) groups is 2. The summed E-state index contributed by atoms with van der Waals surface area (Å²) in [7, 11) is 0. The predicted octanol–water partition coefficient (Wildman–Crippen LogP) is 6.97. The third-order valence-corrected chi connectivity index (χ3v) is 17.5. The molecular weight excluding hydrogens is 829 g/mol. The van der Waals surface area contributed by atoms with Crippen LogP contribution in [0.2, 0.25) is 0 Å². The fourth-order valence-corrected chi connectivity index (χ4v) is 14.3. The summed E-state index contributed by atoms with van der Waals surface area (Å²) in [5.41, 5.74) is 3.53. The molecule has 4 aliphatic carbocycles. The van der Waals surface area contributed by atoms with E-state index in [1.54, 1.807) is 0 Å². The highest BCUT2D eigenvalue weighted by atomic mass is 16.3. The summed E-state index contributed by atoms with van der Waals surface area (Å²) in [4.78, 5) is 58.4. The van der Waals surface area contributed by atoms with Crippen molar-refractivity contribution < 1.29 is 19.8 Å². The third kappa shape index (κ3) is 9.34. The van der Waals surface area contributed by atoms with Crippen molar-refractivity contribution in [2.24, 2.45) is 35.5 Å². The predicted molar refractivity (Wildman–Crippen MR) is 259 cm³/mol. The first-order valence-corrected chi connectivity index (χ1v) is 26.3. The normalized spacial score (nSPS) is 30.7. The molecule has 6 fully saturated rings. The molecule has 360 valence electrons. The number of carbonyl (C=O) groups excluding carboxylic acids is 2. The molecule has 2 amide bonds. The van der Waals surface area contributed by atoms with Gasteiger partial charge in [0.25, 0.3) is 11.1 Å². The molecule has 4 saturated carbocycles. The molecule has 66 heavy (non-hydrogen) atoms. The Bertz CT molecular complexity index is 2040. The molecule has 6 heterocycles. The summed E-state index contributed by atoms with van der Waals surface area (Å²) in [5.74, 6) is 1.23. The van der Waals surface area contributed by atoms with E-state index < -0.39 is 0 Å². The summed E-state index contributed by atoms with van der Waals surface area (Å²) < 4.78 is 3.82. The molecule has 10 rings (SSSR count). The van der Waals surface area contributed by atoms with Crippen molar-refractivity contribution in [1.82, 2.24) is 29.6 Å². The van der Waals surface area contributed by atoms with Gasteiger partial charge in [0.2, 0.25) is 11.8 Å². The quantitative estimate of drug-likeness (QED) is 0.179. The largest absolute Gasteiger partial charge is 0.396 e. The minimum Gasteiger partial charge on any atom is -0.396 e. The van der Waals surface area contributed by atoms with Crippen molar-refractivity contribution in [2.45, 2.75) is 179 Å². The number of aliphatic hydroxyl groups excluding tert-OH is 2. The zero-order chi connectivity index (χ0) is 45.9. The van der Waals surface area contributed by atoms with Crippen LogP contribution >= 0.6 is 0 Å². The number of fused-ring (bicyclic) bond motifs is 6. The fraction of sp³-hybridized carbons (Fsp3) is 0.704. The summed E-state index contributed by atoms with van der Waals surface area (Å²) in [6.07, 6.45) is 29.0. The number of aliphatic hydroxyl groups is 2. The Kier molecular flexibility index (Phi) is 15.2. The topological polar surface area (TPSA) is 149 Å². The number of aromatic nitrogens is 2. The number of rotatable bonds is 12. The Morgan fingerprint density at radius 3 is 1.27 bits per heavy atom. The van der Waals surface area contributed by atoms with E-state index >= 15 is 0 Å². The lowest BCUT2D eigenvalue weighted by atomic mass is 9.88. The average Bonchev–Trinajstić information content (AvgIpc) is 4.20. The van der Waals surface area contributed by atoms with Crippen LogP contribution in [0.5, 0.6) is 0 Å². The van der Waals surface area contributed by atoms with Gasteiger partial charge in [0.05, 0.1) is 24.2 Å². The van der Waals surface area contributed by atoms with Crippen molar-refractivity contribution in [3.63, 3.8) is 0 Å². The Balaban J connectivity index is 0.000000166. The molecule has 12 nitrogen and oxygen atoms in total. The van der Waals surface area contributed by atoms with Crippen molar-refractivity contribution in [2.75, 3.05) is 26.3 Å². The minimum atomic E-state index is -0.313. The maximum atomic E-state index is 13.6. The highest BCUT2D eigenvalue weighted by Crippen LogP contribution is 2.51. The molecule has 2 aromatic heterocycles. The number of allylic oxidation sites excluding steroid dienone is 2.